The first-order valence-corrected chi connectivity index (χ1v) is 12.4. The van der Waals surface area contributed by atoms with E-state index in [0.717, 1.165) is 30.6 Å². The number of anilines is 1. The van der Waals surface area contributed by atoms with Crippen molar-refractivity contribution in [3.8, 4) is 11.5 Å². The molecule has 1 atom stereocenters. The first kappa shape index (κ1) is 23.8. The van der Waals surface area contributed by atoms with Gasteiger partial charge in [-0.25, -0.2) is 0 Å². The molecule has 0 spiro atoms. The summed E-state index contributed by atoms with van der Waals surface area (Å²) in [5.41, 5.74) is 1.34. The third kappa shape index (κ3) is 5.42. The smallest absolute Gasteiger partial charge is 0.248 e. The van der Waals surface area contributed by atoms with E-state index in [1.165, 1.54) is 11.3 Å². The van der Waals surface area contributed by atoms with E-state index < -0.39 is 6.04 Å². The van der Waals surface area contributed by atoms with E-state index in [-0.39, 0.29) is 24.3 Å². The summed E-state index contributed by atoms with van der Waals surface area (Å²) in [6.07, 6.45) is 4.34. The van der Waals surface area contributed by atoms with Gasteiger partial charge in [0.05, 0.1) is 20.6 Å². The van der Waals surface area contributed by atoms with Gasteiger partial charge in [0, 0.05) is 16.6 Å². The van der Waals surface area contributed by atoms with E-state index in [1.54, 1.807) is 31.3 Å². The highest BCUT2D eigenvalue weighted by Gasteiger charge is 2.35. The van der Waals surface area contributed by atoms with Crippen LogP contribution < -0.4 is 19.7 Å². The predicted octanol–water partition coefficient (Wildman–Crippen LogP) is 5.14. The van der Waals surface area contributed by atoms with Gasteiger partial charge >= 0.3 is 0 Å². The zero-order chi connectivity index (χ0) is 23.9. The fourth-order valence-corrected chi connectivity index (χ4v) is 5.16. The molecule has 3 aromatic rings. The summed E-state index contributed by atoms with van der Waals surface area (Å²) in [6, 6.07) is 17.9. The van der Waals surface area contributed by atoms with Crippen LogP contribution >= 0.6 is 11.3 Å². The van der Waals surface area contributed by atoms with Crippen molar-refractivity contribution in [3.05, 3.63) is 76.5 Å². The minimum Gasteiger partial charge on any atom is -0.493 e. The molecule has 7 heteroatoms. The Bertz CT molecular complexity index is 1100. The van der Waals surface area contributed by atoms with Crippen molar-refractivity contribution >= 4 is 28.8 Å². The molecule has 1 aliphatic rings. The van der Waals surface area contributed by atoms with Crippen molar-refractivity contribution < 1.29 is 19.1 Å². The minimum absolute atomic E-state index is 0.125. The summed E-state index contributed by atoms with van der Waals surface area (Å²) in [5, 5.41) is 5.16. The molecule has 0 unspecified atom stereocenters. The standard InChI is InChI=1S/C27H30N2O4S/c1-32-23-15-14-19(17-24(23)33-2)26(27(31)28-20-9-6-7-10-20)29(21-11-4-3-5-12-21)25(30)18-22-13-8-16-34-22/h3-5,8,11-17,20,26H,6-7,9-10,18H2,1-2H3,(H,28,31)/t26-/m0/s1. The molecule has 34 heavy (non-hydrogen) atoms. The maximum atomic E-state index is 13.8. The highest BCUT2D eigenvalue weighted by Crippen LogP contribution is 2.35. The third-order valence-electron chi connectivity index (χ3n) is 6.14. The lowest BCUT2D eigenvalue weighted by Crippen LogP contribution is -2.46. The lowest BCUT2D eigenvalue weighted by atomic mass is 10.0. The van der Waals surface area contributed by atoms with Crippen LogP contribution in [-0.2, 0) is 16.0 Å². The summed E-state index contributed by atoms with van der Waals surface area (Å²) in [6.45, 7) is 0. The second-order valence-electron chi connectivity index (χ2n) is 8.36. The number of amides is 2. The van der Waals surface area contributed by atoms with E-state index >= 15 is 0 Å². The second-order valence-corrected chi connectivity index (χ2v) is 9.39. The van der Waals surface area contributed by atoms with Gasteiger partial charge in [-0.05, 0) is 54.1 Å². The van der Waals surface area contributed by atoms with Gasteiger partial charge in [-0.15, -0.1) is 11.3 Å². The van der Waals surface area contributed by atoms with Crippen LogP contribution in [0.3, 0.4) is 0 Å². The van der Waals surface area contributed by atoms with Crippen molar-refractivity contribution in [1.29, 1.82) is 0 Å². The molecule has 0 aliphatic heterocycles. The molecule has 1 fully saturated rings. The number of methoxy groups -OCH3 is 2. The van der Waals surface area contributed by atoms with Gasteiger partial charge < -0.3 is 14.8 Å². The molecule has 1 N–H and O–H groups in total. The largest absolute Gasteiger partial charge is 0.493 e. The maximum absolute atomic E-state index is 13.8. The predicted molar refractivity (Wildman–Crippen MR) is 135 cm³/mol. The van der Waals surface area contributed by atoms with Crippen LogP contribution in [0, 0.1) is 0 Å². The van der Waals surface area contributed by atoms with Crippen LogP contribution in [-0.4, -0.2) is 32.1 Å². The molecule has 1 aliphatic carbocycles. The van der Waals surface area contributed by atoms with Gasteiger partial charge in [-0.3, -0.25) is 14.5 Å². The number of para-hydroxylation sites is 1. The molecule has 0 bridgehead atoms. The van der Waals surface area contributed by atoms with Crippen molar-refractivity contribution in [2.75, 3.05) is 19.1 Å². The number of nitrogens with one attached hydrogen (secondary N) is 1. The Labute approximate surface area is 204 Å². The lowest BCUT2D eigenvalue weighted by molar-refractivity contribution is -0.127. The van der Waals surface area contributed by atoms with Gasteiger partial charge in [0.2, 0.25) is 11.8 Å². The summed E-state index contributed by atoms with van der Waals surface area (Å²) in [4.78, 5) is 30.1. The molecular weight excluding hydrogens is 448 g/mol. The van der Waals surface area contributed by atoms with Crippen LogP contribution in [0.1, 0.15) is 42.2 Å². The Morgan fingerprint density at radius 1 is 1.00 bits per heavy atom. The molecule has 2 aromatic carbocycles. The number of thiophene rings is 1. The van der Waals surface area contributed by atoms with Crippen molar-refractivity contribution in [1.82, 2.24) is 5.32 Å². The lowest BCUT2D eigenvalue weighted by Gasteiger charge is -2.32. The number of rotatable bonds is 9. The SMILES string of the molecule is COc1ccc([C@@H](C(=O)NC2CCCC2)N(C(=O)Cc2cccs2)c2ccccc2)cc1OC. The fraction of sp³-hybridized carbons (Fsp3) is 0.333. The Balaban J connectivity index is 1.78. The summed E-state index contributed by atoms with van der Waals surface area (Å²) in [5.74, 6) is 0.743. The quantitative estimate of drug-likeness (QED) is 0.462. The van der Waals surface area contributed by atoms with E-state index in [9.17, 15) is 9.59 Å². The number of ether oxygens (including phenoxy) is 2. The molecular formula is C27H30N2O4S. The molecule has 0 radical (unpaired) electrons. The number of nitrogens with zero attached hydrogens (tertiary/aromatic N) is 1. The Morgan fingerprint density at radius 3 is 2.38 bits per heavy atom. The topological polar surface area (TPSA) is 67.9 Å². The molecule has 178 valence electrons. The number of carbonyl (C=O) groups excluding carboxylic acids is 2. The van der Waals surface area contributed by atoms with E-state index in [2.05, 4.69) is 5.32 Å². The highest BCUT2D eigenvalue weighted by molar-refractivity contribution is 7.10. The first-order chi connectivity index (χ1) is 16.6. The normalized spacial score (nSPS) is 14.4. The molecule has 1 aromatic heterocycles. The monoisotopic (exact) mass is 478 g/mol. The second kappa shape index (κ2) is 11.2. The third-order valence-corrected chi connectivity index (χ3v) is 7.02. The van der Waals surface area contributed by atoms with E-state index in [0.29, 0.717) is 22.7 Å². The van der Waals surface area contributed by atoms with Crippen molar-refractivity contribution in [2.45, 2.75) is 44.2 Å². The number of benzene rings is 2. The summed E-state index contributed by atoms with van der Waals surface area (Å²) < 4.78 is 10.9. The van der Waals surface area contributed by atoms with E-state index in [4.69, 9.17) is 9.47 Å². The van der Waals surface area contributed by atoms with Gasteiger partial charge in [0.1, 0.15) is 6.04 Å². The molecule has 0 saturated heterocycles. The van der Waals surface area contributed by atoms with Gasteiger partial charge in [-0.1, -0.05) is 43.2 Å². The summed E-state index contributed by atoms with van der Waals surface area (Å²) >= 11 is 1.53. The Hall–Kier alpha value is -3.32. The van der Waals surface area contributed by atoms with Crippen LogP contribution in [0.4, 0.5) is 5.69 Å². The number of hydrogen-bond acceptors (Lipinski definition) is 5. The van der Waals surface area contributed by atoms with E-state index in [1.807, 2.05) is 53.9 Å². The summed E-state index contributed by atoms with van der Waals surface area (Å²) in [7, 11) is 3.13. The maximum Gasteiger partial charge on any atom is 0.248 e. The van der Waals surface area contributed by atoms with Crippen LogP contribution in [0.5, 0.6) is 11.5 Å². The van der Waals surface area contributed by atoms with Crippen LogP contribution in [0.2, 0.25) is 0 Å². The molecule has 6 nitrogen and oxygen atoms in total. The Kier molecular flexibility index (Phi) is 7.85. The fourth-order valence-electron chi connectivity index (χ4n) is 4.46. The van der Waals surface area contributed by atoms with Crippen molar-refractivity contribution in [3.63, 3.8) is 0 Å². The van der Waals surface area contributed by atoms with Gasteiger partial charge in [0.15, 0.2) is 11.5 Å². The minimum atomic E-state index is -0.852. The number of hydrogen-bond donors (Lipinski definition) is 1. The first-order valence-electron chi connectivity index (χ1n) is 11.5. The molecule has 2 amide bonds. The van der Waals surface area contributed by atoms with Crippen LogP contribution in [0.25, 0.3) is 0 Å². The number of carbonyl (C=O) groups is 2. The Morgan fingerprint density at radius 2 is 1.74 bits per heavy atom. The van der Waals surface area contributed by atoms with Gasteiger partial charge in [0.25, 0.3) is 0 Å². The van der Waals surface area contributed by atoms with Crippen molar-refractivity contribution in [2.24, 2.45) is 0 Å². The zero-order valence-electron chi connectivity index (χ0n) is 19.5. The molecule has 1 heterocycles. The molecule has 4 rings (SSSR count). The average Bonchev–Trinajstić information content (AvgIpc) is 3.57. The average molecular weight is 479 g/mol. The van der Waals surface area contributed by atoms with Crippen LogP contribution in [0.15, 0.2) is 66.0 Å². The zero-order valence-corrected chi connectivity index (χ0v) is 20.3. The molecule has 1 saturated carbocycles. The van der Waals surface area contributed by atoms with Gasteiger partial charge in [-0.2, -0.15) is 0 Å². The highest BCUT2D eigenvalue weighted by atomic mass is 32.1.